The molecule has 120 valence electrons. The molecule has 1 aromatic carbocycles. The lowest BCUT2D eigenvalue weighted by atomic mass is 10.3. The van der Waals surface area contributed by atoms with Crippen LogP contribution in [0.15, 0.2) is 30.3 Å². The zero-order chi connectivity index (χ0) is 15.3. The summed E-state index contributed by atoms with van der Waals surface area (Å²) in [6, 6.07) is 9.77. The van der Waals surface area contributed by atoms with Gasteiger partial charge in [0.15, 0.2) is 0 Å². The van der Waals surface area contributed by atoms with Crippen LogP contribution in [0.2, 0.25) is 0 Å². The summed E-state index contributed by atoms with van der Waals surface area (Å²) in [6.07, 6.45) is 1.11. The fraction of sp³-hybridized carbons (Fsp3) is 0.647. The molecule has 0 aliphatic rings. The van der Waals surface area contributed by atoms with Gasteiger partial charge in [0.1, 0.15) is 11.9 Å². The number of para-hydroxylation sites is 1. The van der Waals surface area contributed by atoms with Gasteiger partial charge in [-0.2, -0.15) is 0 Å². The molecule has 0 radical (unpaired) electrons. The van der Waals surface area contributed by atoms with Crippen LogP contribution in [0.5, 0.6) is 5.75 Å². The summed E-state index contributed by atoms with van der Waals surface area (Å²) in [4.78, 5) is 0. The number of hydrogen-bond donors (Lipinski definition) is 0. The van der Waals surface area contributed by atoms with Gasteiger partial charge in [-0.3, -0.25) is 0 Å². The predicted molar refractivity (Wildman–Crippen MR) is 83.9 cm³/mol. The molecule has 0 N–H and O–H groups in total. The van der Waals surface area contributed by atoms with E-state index in [4.69, 9.17) is 18.9 Å². The molecule has 0 amide bonds. The molecule has 0 aromatic heterocycles. The summed E-state index contributed by atoms with van der Waals surface area (Å²) < 4.78 is 22.3. The smallest absolute Gasteiger partial charge is 0.119 e. The maximum Gasteiger partial charge on any atom is 0.119 e. The van der Waals surface area contributed by atoms with E-state index < -0.39 is 0 Å². The molecule has 1 aromatic rings. The van der Waals surface area contributed by atoms with Gasteiger partial charge in [0.05, 0.1) is 32.5 Å². The lowest BCUT2D eigenvalue weighted by Gasteiger charge is -2.18. The Balaban J connectivity index is 2.03. The van der Waals surface area contributed by atoms with Gasteiger partial charge >= 0.3 is 0 Å². The van der Waals surface area contributed by atoms with Crippen LogP contribution in [0.4, 0.5) is 0 Å². The number of ether oxygens (including phenoxy) is 4. The lowest BCUT2D eigenvalue weighted by molar-refractivity contribution is -0.0415. The highest BCUT2D eigenvalue weighted by Crippen LogP contribution is 2.11. The van der Waals surface area contributed by atoms with Gasteiger partial charge in [-0.15, -0.1) is 0 Å². The molecule has 0 heterocycles. The lowest BCUT2D eigenvalue weighted by Crippen LogP contribution is -2.25. The van der Waals surface area contributed by atoms with E-state index in [2.05, 4.69) is 6.92 Å². The van der Waals surface area contributed by atoms with Crippen LogP contribution in [-0.4, -0.2) is 45.2 Å². The fourth-order valence-electron chi connectivity index (χ4n) is 1.73. The Morgan fingerprint density at radius 2 is 1.57 bits per heavy atom. The first-order valence-corrected chi connectivity index (χ1v) is 7.71. The van der Waals surface area contributed by atoms with E-state index in [1.807, 2.05) is 44.2 Å². The summed E-state index contributed by atoms with van der Waals surface area (Å²) in [5.74, 6) is 0.866. The quantitative estimate of drug-likeness (QED) is 0.555. The first-order chi connectivity index (χ1) is 10.2. The van der Waals surface area contributed by atoms with Crippen molar-refractivity contribution in [1.82, 2.24) is 0 Å². The molecule has 0 bridgehead atoms. The summed E-state index contributed by atoms with van der Waals surface area (Å²) >= 11 is 0. The maximum atomic E-state index is 5.75. The molecule has 21 heavy (non-hydrogen) atoms. The summed E-state index contributed by atoms with van der Waals surface area (Å²) in [5.41, 5.74) is 0. The van der Waals surface area contributed by atoms with Crippen molar-refractivity contribution in [2.45, 2.75) is 39.4 Å². The van der Waals surface area contributed by atoms with Crippen LogP contribution in [0.1, 0.15) is 27.2 Å². The standard InChI is InChI=1S/C17H28O4/c1-4-10-18-11-12-19-13-15(2)20-14-16(3)21-17-8-6-5-7-9-17/h5-9,15-16H,4,10-14H2,1-3H3. The Morgan fingerprint density at radius 3 is 2.29 bits per heavy atom. The minimum Gasteiger partial charge on any atom is -0.488 e. The molecule has 0 fully saturated rings. The SMILES string of the molecule is CCCOCCOCC(C)OCC(C)Oc1ccccc1. The van der Waals surface area contributed by atoms with Gasteiger partial charge < -0.3 is 18.9 Å². The van der Waals surface area contributed by atoms with Crippen molar-refractivity contribution in [2.75, 3.05) is 33.0 Å². The summed E-state index contributed by atoms with van der Waals surface area (Å²) in [6.45, 7) is 9.28. The highest BCUT2D eigenvalue weighted by Gasteiger charge is 2.08. The van der Waals surface area contributed by atoms with Gasteiger partial charge in [0.2, 0.25) is 0 Å². The van der Waals surface area contributed by atoms with E-state index in [0.717, 1.165) is 18.8 Å². The van der Waals surface area contributed by atoms with E-state index in [9.17, 15) is 0 Å². The molecule has 0 spiro atoms. The second-order valence-electron chi connectivity index (χ2n) is 5.07. The predicted octanol–water partition coefficient (Wildman–Crippen LogP) is 3.30. The third-order valence-corrected chi connectivity index (χ3v) is 2.77. The Hall–Kier alpha value is -1.10. The molecule has 0 saturated heterocycles. The highest BCUT2D eigenvalue weighted by molar-refractivity contribution is 5.21. The van der Waals surface area contributed by atoms with E-state index in [0.29, 0.717) is 26.4 Å². The van der Waals surface area contributed by atoms with Gasteiger partial charge in [0, 0.05) is 6.61 Å². The van der Waals surface area contributed by atoms with Gasteiger partial charge in [-0.1, -0.05) is 25.1 Å². The van der Waals surface area contributed by atoms with Crippen molar-refractivity contribution < 1.29 is 18.9 Å². The number of rotatable bonds is 12. The first kappa shape index (κ1) is 18.0. The third-order valence-electron chi connectivity index (χ3n) is 2.77. The summed E-state index contributed by atoms with van der Waals surface area (Å²) in [7, 11) is 0. The average Bonchev–Trinajstić information content (AvgIpc) is 2.50. The molecule has 0 aliphatic heterocycles. The van der Waals surface area contributed by atoms with Crippen molar-refractivity contribution in [3.05, 3.63) is 30.3 Å². The Morgan fingerprint density at radius 1 is 0.857 bits per heavy atom. The van der Waals surface area contributed by atoms with Gasteiger partial charge in [-0.25, -0.2) is 0 Å². The van der Waals surface area contributed by atoms with Crippen LogP contribution in [-0.2, 0) is 14.2 Å². The molecule has 2 unspecified atom stereocenters. The van der Waals surface area contributed by atoms with E-state index in [-0.39, 0.29) is 12.2 Å². The minimum absolute atomic E-state index is 0.0164. The highest BCUT2D eigenvalue weighted by atomic mass is 16.6. The molecule has 4 nitrogen and oxygen atoms in total. The Bertz CT molecular complexity index is 342. The van der Waals surface area contributed by atoms with Gasteiger partial charge in [-0.05, 0) is 32.4 Å². The number of benzene rings is 1. The van der Waals surface area contributed by atoms with E-state index in [1.54, 1.807) is 0 Å². The van der Waals surface area contributed by atoms with Crippen molar-refractivity contribution in [2.24, 2.45) is 0 Å². The van der Waals surface area contributed by atoms with Gasteiger partial charge in [0.25, 0.3) is 0 Å². The van der Waals surface area contributed by atoms with Crippen LogP contribution in [0.3, 0.4) is 0 Å². The largest absolute Gasteiger partial charge is 0.488 e. The average molecular weight is 296 g/mol. The fourth-order valence-corrected chi connectivity index (χ4v) is 1.73. The molecule has 0 aliphatic carbocycles. The summed E-state index contributed by atoms with van der Waals surface area (Å²) in [5, 5.41) is 0. The van der Waals surface area contributed by atoms with Crippen LogP contribution in [0.25, 0.3) is 0 Å². The van der Waals surface area contributed by atoms with Crippen LogP contribution >= 0.6 is 0 Å². The molecule has 0 saturated carbocycles. The topological polar surface area (TPSA) is 36.9 Å². The monoisotopic (exact) mass is 296 g/mol. The molecular weight excluding hydrogens is 268 g/mol. The van der Waals surface area contributed by atoms with Crippen molar-refractivity contribution in [1.29, 1.82) is 0 Å². The second kappa shape index (κ2) is 11.5. The van der Waals surface area contributed by atoms with Crippen molar-refractivity contribution in [3.63, 3.8) is 0 Å². The van der Waals surface area contributed by atoms with E-state index >= 15 is 0 Å². The molecular formula is C17H28O4. The molecule has 1 rings (SSSR count). The van der Waals surface area contributed by atoms with Crippen molar-refractivity contribution in [3.8, 4) is 5.75 Å². The van der Waals surface area contributed by atoms with Crippen LogP contribution in [0, 0.1) is 0 Å². The number of hydrogen-bond acceptors (Lipinski definition) is 4. The third kappa shape index (κ3) is 9.45. The minimum atomic E-state index is 0.0164. The second-order valence-corrected chi connectivity index (χ2v) is 5.07. The maximum absolute atomic E-state index is 5.75. The first-order valence-electron chi connectivity index (χ1n) is 7.71. The van der Waals surface area contributed by atoms with Crippen LogP contribution < -0.4 is 4.74 Å². The van der Waals surface area contributed by atoms with Crippen molar-refractivity contribution >= 4 is 0 Å². The zero-order valence-electron chi connectivity index (χ0n) is 13.4. The Labute approximate surface area is 128 Å². The zero-order valence-corrected chi connectivity index (χ0v) is 13.4. The Kier molecular flexibility index (Phi) is 9.87. The molecule has 4 heteroatoms. The molecule has 2 atom stereocenters. The normalized spacial score (nSPS) is 13.9. The van der Waals surface area contributed by atoms with E-state index in [1.165, 1.54) is 0 Å².